The number of halogens is 2. The topological polar surface area (TPSA) is 61.0 Å². The zero-order valence-corrected chi connectivity index (χ0v) is 7.48. The highest BCUT2D eigenvalue weighted by Gasteiger charge is 2.21. The minimum Gasteiger partial charge on any atom is -0.258 e. The van der Waals surface area contributed by atoms with E-state index in [-0.39, 0.29) is 11.4 Å². The summed E-state index contributed by atoms with van der Waals surface area (Å²) < 4.78 is 25.5. The van der Waals surface area contributed by atoms with Crippen molar-refractivity contribution in [1.82, 2.24) is 9.78 Å². The third kappa shape index (κ3) is 1.70. The number of rotatable bonds is 4. The molecule has 1 rings (SSSR count). The van der Waals surface area contributed by atoms with Crippen molar-refractivity contribution < 1.29 is 13.7 Å². The van der Waals surface area contributed by atoms with Crippen molar-refractivity contribution in [2.24, 2.45) is 0 Å². The van der Waals surface area contributed by atoms with Gasteiger partial charge in [0.2, 0.25) is 0 Å². The lowest BCUT2D eigenvalue weighted by atomic mass is 10.3. The van der Waals surface area contributed by atoms with Gasteiger partial charge in [-0.05, 0) is 6.92 Å². The van der Waals surface area contributed by atoms with Crippen LogP contribution in [0.4, 0.5) is 14.5 Å². The van der Waals surface area contributed by atoms with Crippen LogP contribution in [0, 0.1) is 17.0 Å². The van der Waals surface area contributed by atoms with Gasteiger partial charge in [0.05, 0.1) is 4.92 Å². The van der Waals surface area contributed by atoms with Gasteiger partial charge in [0.25, 0.3) is 0 Å². The molecule has 0 saturated heterocycles. The molecule has 0 atom stereocenters. The minimum atomic E-state index is -1.07. The number of nitro groups is 1. The van der Waals surface area contributed by atoms with Gasteiger partial charge in [0, 0.05) is 0 Å². The Morgan fingerprint density at radius 1 is 1.64 bits per heavy atom. The summed E-state index contributed by atoms with van der Waals surface area (Å²) in [7, 11) is 0. The number of aromatic nitrogens is 2. The summed E-state index contributed by atoms with van der Waals surface area (Å²) in [6.07, 6.45) is 0.994. The van der Waals surface area contributed by atoms with Crippen molar-refractivity contribution in [3.05, 3.63) is 22.0 Å². The molecule has 0 aliphatic heterocycles. The second-order valence-corrected chi connectivity index (χ2v) is 2.78. The van der Waals surface area contributed by atoms with Crippen LogP contribution < -0.4 is 0 Å². The summed E-state index contributed by atoms with van der Waals surface area (Å²) in [5.74, 6) is 0. The standard InChI is InChI=1S/C7H9F2N3O2/c1-5-7(12(13)14)4-10-11(5)6(2-8)3-9/h4,6H,2-3H2,1H3. The van der Waals surface area contributed by atoms with Crippen LogP contribution in [0.1, 0.15) is 11.7 Å². The zero-order chi connectivity index (χ0) is 10.7. The Morgan fingerprint density at radius 2 is 2.21 bits per heavy atom. The molecule has 0 saturated carbocycles. The van der Waals surface area contributed by atoms with Crippen LogP contribution in [0.25, 0.3) is 0 Å². The highest BCUT2D eigenvalue weighted by Crippen LogP contribution is 2.20. The van der Waals surface area contributed by atoms with Crippen molar-refractivity contribution in [3.8, 4) is 0 Å². The molecule has 78 valence electrons. The molecule has 7 heteroatoms. The molecule has 0 N–H and O–H groups in total. The fraction of sp³-hybridized carbons (Fsp3) is 0.571. The molecule has 0 radical (unpaired) electrons. The van der Waals surface area contributed by atoms with E-state index in [9.17, 15) is 18.9 Å². The summed E-state index contributed by atoms with van der Waals surface area (Å²) in [6, 6.07) is -1.07. The normalized spacial score (nSPS) is 10.9. The minimum absolute atomic E-state index is 0.162. The molecule has 14 heavy (non-hydrogen) atoms. The van der Waals surface area contributed by atoms with E-state index in [4.69, 9.17) is 0 Å². The van der Waals surface area contributed by atoms with Gasteiger partial charge >= 0.3 is 5.69 Å². The summed E-state index contributed by atoms with van der Waals surface area (Å²) in [6.45, 7) is -0.462. The average molecular weight is 205 g/mol. The highest BCUT2D eigenvalue weighted by atomic mass is 19.1. The first kappa shape index (κ1) is 10.6. The van der Waals surface area contributed by atoms with Crippen molar-refractivity contribution in [2.75, 3.05) is 13.3 Å². The number of alkyl halides is 2. The van der Waals surface area contributed by atoms with Gasteiger partial charge in [-0.3, -0.25) is 14.8 Å². The third-order valence-electron chi connectivity index (χ3n) is 1.92. The molecule has 0 aliphatic carbocycles. The Balaban J connectivity index is 3.05. The van der Waals surface area contributed by atoms with Gasteiger partial charge < -0.3 is 0 Å². The van der Waals surface area contributed by atoms with E-state index in [0.29, 0.717) is 0 Å². The Labute approximate surface area is 78.5 Å². The number of nitrogens with zero attached hydrogens (tertiary/aromatic N) is 3. The molecule has 1 aromatic heterocycles. The van der Waals surface area contributed by atoms with Crippen LogP contribution >= 0.6 is 0 Å². The maximum atomic E-state index is 12.3. The molecule has 1 heterocycles. The largest absolute Gasteiger partial charge is 0.309 e. The van der Waals surface area contributed by atoms with Crippen molar-refractivity contribution >= 4 is 5.69 Å². The predicted molar refractivity (Wildman–Crippen MR) is 44.6 cm³/mol. The van der Waals surface area contributed by atoms with Gasteiger partial charge in [-0.15, -0.1) is 0 Å². The molecular formula is C7H9F2N3O2. The summed E-state index contributed by atoms with van der Waals surface area (Å²) in [5.41, 5.74) is -0.0628. The summed E-state index contributed by atoms with van der Waals surface area (Å²) in [5, 5.41) is 14.0. The molecule has 0 aliphatic rings. The predicted octanol–water partition coefficient (Wildman–Crippen LogP) is 1.58. The van der Waals surface area contributed by atoms with Crippen LogP contribution in [0.3, 0.4) is 0 Å². The zero-order valence-electron chi connectivity index (χ0n) is 7.48. The van der Waals surface area contributed by atoms with Crippen LogP contribution in [-0.4, -0.2) is 28.1 Å². The molecular weight excluding hydrogens is 196 g/mol. The lowest BCUT2D eigenvalue weighted by molar-refractivity contribution is -0.385. The fourth-order valence-corrected chi connectivity index (χ4v) is 1.13. The monoisotopic (exact) mass is 205 g/mol. The molecule has 5 nitrogen and oxygen atoms in total. The molecule has 0 fully saturated rings. The quantitative estimate of drug-likeness (QED) is 0.553. The van der Waals surface area contributed by atoms with Crippen LogP contribution in [0.2, 0.25) is 0 Å². The lowest BCUT2D eigenvalue weighted by Crippen LogP contribution is -2.16. The smallest absolute Gasteiger partial charge is 0.258 e. The Bertz CT molecular complexity index is 336. The van der Waals surface area contributed by atoms with Crippen molar-refractivity contribution in [2.45, 2.75) is 13.0 Å². The number of hydrogen-bond acceptors (Lipinski definition) is 3. The number of hydrogen-bond donors (Lipinski definition) is 0. The van der Waals surface area contributed by atoms with Gasteiger partial charge in [-0.2, -0.15) is 5.10 Å². The molecule has 0 amide bonds. The van der Waals surface area contributed by atoms with E-state index in [1.54, 1.807) is 0 Å². The highest BCUT2D eigenvalue weighted by molar-refractivity contribution is 5.31. The van der Waals surface area contributed by atoms with E-state index in [1.165, 1.54) is 6.92 Å². The van der Waals surface area contributed by atoms with E-state index in [2.05, 4.69) is 5.10 Å². The van der Waals surface area contributed by atoms with Crippen LogP contribution in [0.5, 0.6) is 0 Å². The maximum absolute atomic E-state index is 12.3. The third-order valence-corrected chi connectivity index (χ3v) is 1.92. The summed E-state index contributed by atoms with van der Waals surface area (Å²) >= 11 is 0. The Morgan fingerprint density at radius 3 is 2.57 bits per heavy atom. The van der Waals surface area contributed by atoms with Gasteiger partial charge in [-0.25, -0.2) is 8.78 Å². The molecule has 0 unspecified atom stereocenters. The average Bonchev–Trinajstić information content (AvgIpc) is 2.51. The molecule has 0 bridgehead atoms. The first-order chi connectivity index (χ1) is 6.61. The lowest BCUT2D eigenvalue weighted by Gasteiger charge is -2.10. The second kappa shape index (κ2) is 4.12. The van der Waals surface area contributed by atoms with E-state index < -0.39 is 24.3 Å². The van der Waals surface area contributed by atoms with Gasteiger partial charge in [0.1, 0.15) is 31.3 Å². The fourth-order valence-electron chi connectivity index (χ4n) is 1.13. The first-order valence-electron chi connectivity index (χ1n) is 3.92. The summed E-state index contributed by atoms with van der Waals surface area (Å²) in [4.78, 5) is 9.77. The first-order valence-corrected chi connectivity index (χ1v) is 3.92. The Kier molecular flexibility index (Phi) is 3.10. The Hall–Kier alpha value is -1.53. The molecule has 0 spiro atoms. The van der Waals surface area contributed by atoms with E-state index >= 15 is 0 Å². The van der Waals surface area contributed by atoms with Gasteiger partial charge in [0.15, 0.2) is 0 Å². The van der Waals surface area contributed by atoms with Crippen LogP contribution in [0.15, 0.2) is 6.20 Å². The van der Waals surface area contributed by atoms with E-state index in [0.717, 1.165) is 10.9 Å². The molecule has 0 aromatic carbocycles. The second-order valence-electron chi connectivity index (χ2n) is 2.78. The van der Waals surface area contributed by atoms with Crippen molar-refractivity contribution in [3.63, 3.8) is 0 Å². The molecule has 1 aromatic rings. The van der Waals surface area contributed by atoms with Crippen molar-refractivity contribution in [1.29, 1.82) is 0 Å². The SMILES string of the molecule is Cc1c([N+](=O)[O-])cnn1C(CF)CF. The van der Waals surface area contributed by atoms with Gasteiger partial charge in [-0.1, -0.05) is 0 Å². The van der Waals surface area contributed by atoms with E-state index in [1.807, 2.05) is 0 Å². The maximum Gasteiger partial charge on any atom is 0.309 e. The van der Waals surface area contributed by atoms with Crippen LogP contribution in [-0.2, 0) is 0 Å².